The van der Waals surface area contributed by atoms with Gasteiger partial charge < -0.3 is 5.32 Å². The van der Waals surface area contributed by atoms with Crippen molar-refractivity contribution in [3.05, 3.63) is 70.2 Å². The lowest BCUT2D eigenvalue weighted by Crippen LogP contribution is -1.98. The molecule has 2 aromatic rings. The van der Waals surface area contributed by atoms with E-state index in [2.05, 4.69) is 27.3 Å². The molecule has 1 N–H and O–H groups in total. The Bertz CT molecular complexity index is 637. The Balaban J connectivity index is 2.25. The van der Waals surface area contributed by atoms with Gasteiger partial charge in [0.1, 0.15) is 0 Å². The van der Waals surface area contributed by atoms with Crippen LogP contribution in [-0.4, -0.2) is 0 Å². The summed E-state index contributed by atoms with van der Waals surface area (Å²) in [4.78, 5) is 0. The minimum atomic E-state index is 0.649. The molecule has 2 rings (SSSR count). The molecule has 0 unspecified atom stereocenters. The zero-order valence-corrected chi connectivity index (χ0v) is 12.1. The fourth-order valence-electron chi connectivity index (χ4n) is 1.76. The van der Waals surface area contributed by atoms with Gasteiger partial charge >= 0.3 is 0 Å². The van der Waals surface area contributed by atoms with Crippen LogP contribution in [0.1, 0.15) is 18.1 Å². The van der Waals surface area contributed by atoms with Crippen LogP contribution >= 0.6 is 15.9 Å². The van der Waals surface area contributed by atoms with Crippen molar-refractivity contribution in [3.8, 4) is 6.07 Å². The van der Waals surface area contributed by atoms with Gasteiger partial charge in [-0.05, 0) is 42.8 Å². The highest BCUT2D eigenvalue weighted by Crippen LogP contribution is 2.21. The summed E-state index contributed by atoms with van der Waals surface area (Å²) in [6, 6.07) is 17.7. The molecule has 2 nitrogen and oxygen atoms in total. The zero-order valence-electron chi connectivity index (χ0n) is 10.5. The monoisotopic (exact) mass is 312 g/mol. The average Bonchev–Trinajstić information content (AvgIpc) is 2.46. The Morgan fingerprint density at radius 1 is 1.21 bits per heavy atom. The molecule has 0 aliphatic carbocycles. The number of nitrogens with one attached hydrogen (secondary N) is 1. The first kappa shape index (κ1) is 13.4. The first-order chi connectivity index (χ1) is 9.22. The molecule has 2 aromatic carbocycles. The summed E-state index contributed by atoms with van der Waals surface area (Å²) < 4.78 is 1.05. The normalized spacial score (nSPS) is 10.9. The molecule has 0 bridgehead atoms. The Morgan fingerprint density at radius 3 is 2.58 bits per heavy atom. The molecule has 0 saturated carbocycles. The van der Waals surface area contributed by atoms with E-state index in [0.29, 0.717) is 5.56 Å². The molecule has 0 fully saturated rings. The maximum absolute atomic E-state index is 8.90. The first-order valence-electron chi connectivity index (χ1n) is 5.92. The van der Waals surface area contributed by atoms with Gasteiger partial charge in [0.2, 0.25) is 0 Å². The fourth-order valence-corrected chi connectivity index (χ4v) is 2.03. The predicted molar refractivity (Wildman–Crippen MR) is 82.6 cm³/mol. The van der Waals surface area contributed by atoms with E-state index in [1.807, 2.05) is 55.5 Å². The molecular formula is C16H13BrN2. The molecular weight excluding hydrogens is 300 g/mol. The second kappa shape index (κ2) is 6.21. The highest BCUT2D eigenvalue weighted by Gasteiger charge is 2.02. The lowest BCUT2D eigenvalue weighted by molar-refractivity contribution is 1.46. The van der Waals surface area contributed by atoms with Crippen LogP contribution < -0.4 is 5.32 Å². The van der Waals surface area contributed by atoms with E-state index in [4.69, 9.17) is 5.26 Å². The van der Waals surface area contributed by atoms with Gasteiger partial charge in [-0.25, -0.2) is 0 Å². The topological polar surface area (TPSA) is 35.8 Å². The highest BCUT2D eigenvalue weighted by molar-refractivity contribution is 9.10. The lowest BCUT2D eigenvalue weighted by atomic mass is 10.1. The van der Waals surface area contributed by atoms with Crippen LogP contribution in [0.3, 0.4) is 0 Å². The van der Waals surface area contributed by atoms with E-state index < -0.39 is 0 Å². The van der Waals surface area contributed by atoms with E-state index in [1.165, 1.54) is 0 Å². The maximum atomic E-state index is 8.90. The number of rotatable bonds is 3. The Morgan fingerprint density at radius 2 is 1.95 bits per heavy atom. The number of allylic oxidation sites excluding steroid dienone is 1. The zero-order chi connectivity index (χ0) is 13.7. The number of anilines is 1. The third kappa shape index (κ3) is 3.46. The standard InChI is InChI=1S/C16H13BrN2/c1-2-16(13-6-8-14(17)9-7-13)19-15-5-3-4-12(10-15)11-18/h2-10,19H,1H3. The van der Waals surface area contributed by atoms with Gasteiger partial charge in [0.15, 0.2) is 0 Å². The maximum Gasteiger partial charge on any atom is 0.0992 e. The minimum absolute atomic E-state index is 0.649. The Kier molecular flexibility index (Phi) is 4.38. The van der Waals surface area contributed by atoms with Crippen LogP contribution in [0.15, 0.2) is 59.1 Å². The first-order valence-corrected chi connectivity index (χ1v) is 6.71. The number of benzene rings is 2. The molecule has 0 aromatic heterocycles. The van der Waals surface area contributed by atoms with Gasteiger partial charge in [-0.15, -0.1) is 0 Å². The highest BCUT2D eigenvalue weighted by atomic mass is 79.9. The molecule has 0 radical (unpaired) electrons. The smallest absolute Gasteiger partial charge is 0.0992 e. The second-order valence-corrected chi connectivity index (χ2v) is 4.94. The molecule has 0 atom stereocenters. The van der Waals surface area contributed by atoms with Crippen molar-refractivity contribution in [1.29, 1.82) is 5.26 Å². The van der Waals surface area contributed by atoms with Gasteiger partial charge in [-0.1, -0.05) is 40.2 Å². The summed E-state index contributed by atoms with van der Waals surface area (Å²) >= 11 is 3.43. The fraction of sp³-hybridized carbons (Fsp3) is 0.0625. The van der Waals surface area contributed by atoms with Crippen molar-refractivity contribution < 1.29 is 0 Å². The summed E-state index contributed by atoms with van der Waals surface area (Å²) in [7, 11) is 0. The van der Waals surface area contributed by atoms with Gasteiger partial charge in [-0.3, -0.25) is 0 Å². The van der Waals surface area contributed by atoms with Crippen molar-refractivity contribution in [2.24, 2.45) is 0 Å². The largest absolute Gasteiger partial charge is 0.355 e. The predicted octanol–water partition coefficient (Wildman–Crippen LogP) is 4.79. The van der Waals surface area contributed by atoms with Crippen molar-refractivity contribution in [2.45, 2.75) is 6.92 Å². The van der Waals surface area contributed by atoms with Crippen LogP contribution in [0.4, 0.5) is 5.69 Å². The quantitative estimate of drug-likeness (QED) is 0.884. The molecule has 0 heterocycles. The van der Waals surface area contributed by atoms with E-state index in [-0.39, 0.29) is 0 Å². The third-order valence-corrected chi connectivity index (χ3v) is 3.24. The molecule has 3 heteroatoms. The molecule has 19 heavy (non-hydrogen) atoms. The van der Waals surface area contributed by atoms with Gasteiger partial charge in [0.05, 0.1) is 11.6 Å². The van der Waals surface area contributed by atoms with Crippen LogP contribution in [0.2, 0.25) is 0 Å². The van der Waals surface area contributed by atoms with Crippen molar-refractivity contribution >= 4 is 27.3 Å². The Labute approximate surface area is 121 Å². The summed E-state index contributed by atoms with van der Waals surface area (Å²) in [5.74, 6) is 0. The number of halogens is 1. The van der Waals surface area contributed by atoms with E-state index in [1.54, 1.807) is 6.07 Å². The summed E-state index contributed by atoms with van der Waals surface area (Å²) in [5.41, 5.74) is 3.68. The summed E-state index contributed by atoms with van der Waals surface area (Å²) in [6.45, 7) is 1.98. The summed E-state index contributed by atoms with van der Waals surface area (Å²) in [6.07, 6.45) is 2.02. The second-order valence-electron chi connectivity index (χ2n) is 4.03. The molecule has 0 amide bonds. The van der Waals surface area contributed by atoms with Gasteiger partial charge in [0, 0.05) is 15.9 Å². The van der Waals surface area contributed by atoms with E-state index in [0.717, 1.165) is 21.4 Å². The molecule has 0 aliphatic heterocycles. The van der Waals surface area contributed by atoms with Crippen LogP contribution in [0.5, 0.6) is 0 Å². The summed E-state index contributed by atoms with van der Waals surface area (Å²) in [5, 5.41) is 12.2. The van der Waals surface area contributed by atoms with Crippen molar-refractivity contribution in [2.75, 3.05) is 5.32 Å². The van der Waals surface area contributed by atoms with E-state index in [9.17, 15) is 0 Å². The number of hydrogen-bond donors (Lipinski definition) is 1. The SMILES string of the molecule is CC=C(Nc1cccc(C#N)c1)c1ccc(Br)cc1. The molecule has 94 valence electrons. The molecule has 0 aliphatic rings. The molecule has 0 saturated heterocycles. The number of nitriles is 1. The van der Waals surface area contributed by atoms with E-state index >= 15 is 0 Å². The lowest BCUT2D eigenvalue weighted by Gasteiger charge is -2.11. The minimum Gasteiger partial charge on any atom is -0.355 e. The van der Waals surface area contributed by atoms with Crippen molar-refractivity contribution in [1.82, 2.24) is 0 Å². The van der Waals surface area contributed by atoms with Gasteiger partial charge in [-0.2, -0.15) is 5.26 Å². The number of hydrogen-bond acceptors (Lipinski definition) is 2. The van der Waals surface area contributed by atoms with Crippen LogP contribution in [-0.2, 0) is 0 Å². The van der Waals surface area contributed by atoms with Gasteiger partial charge in [0.25, 0.3) is 0 Å². The van der Waals surface area contributed by atoms with Crippen molar-refractivity contribution in [3.63, 3.8) is 0 Å². The molecule has 0 spiro atoms. The van der Waals surface area contributed by atoms with Crippen LogP contribution in [0.25, 0.3) is 5.70 Å². The third-order valence-electron chi connectivity index (χ3n) is 2.71. The Hall–Kier alpha value is -2.05. The average molecular weight is 313 g/mol. The number of nitrogens with zero attached hydrogens (tertiary/aromatic N) is 1. The van der Waals surface area contributed by atoms with Crippen LogP contribution in [0, 0.1) is 11.3 Å².